The third kappa shape index (κ3) is 7.80. The van der Waals surface area contributed by atoms with Gasteiger partial charge in [-0.15, -0.1) is 0 Å². The molecular weight excluding hydrogens is 650 g/mol. The number of fused-ring (bicyclic) bond motifs is 5. The molecule has 2 amide bonds. The highest BCUT2D eigenvalue weighted by Gasteiger charge is 2.64. The molecule has 264 valence electrons. The number of halogens is 1. The van der Waals surface area contributed by atoms with E-state index in [1.54, 1.807) is 38.2 Å². The lowest BCUT2D eigenvalue weighted by atomic mass is 9.78. The lowest BCUT2D eigenvalue weighted by molar-refractivity contribution is -0.187. The summed E-state index contributed by atoms with van der Waals surface area (Å²) in [4.78, 5) is 41.7. The minimum absolute atomic E-state index is 0.0907. The highest BCUT2D eigenvalue weighted by molar-refractivity contribution is 6.34. The topological polar surface area (TPSA) is 153 Å². The first-order chi connectivity index (χ1) is 23.0. The largest absolute Gasteiger partial charge is 0.462 e. The van der Waals surface area contributed by atoms with Crippen LogP contribution in [0, 0.1) is 19.8 Å². The van der Waals surface area contributed by atoms with Crippen molar-refractivity contribution in [1.82, 2.24) is 0 Å². The van der Waals surface area contributed by atoms with Gasteiger partial charge in [-0.2, -0.15) is 0 Å². The maximum atomic E-state index is 14.0. The number of aryl methyl sites for hydroxylation is 2. The van der Waals surface area contributed by atoms with Gasteiger partial charge in [0.05, 0.1) is 29.7 Å². The standard InChI is InChI=1S/C37H46ClN3O8/c1-20-9-8-10-29(46-7)37(45)18-28(47-32(43)19-37)23(4)34-36(5,49-34)30(48-35(44)40-26-16-25(39)12-11-21(26)2)17-31(42)41(6)27-15-24(13-20)14-22(3)33(27)38/h8-12,14-16,23,28-30,34,45H,13,17-19,39H2,1-7H3,(H,40,44)/b10-8+,20-9+/t23-,28+,29-,30+,34+,36+,37-/m1/s1. The number of nitrogens with two attached hydrogens (primary N) is 1. The van der Waals surface area contributed by atoms with Gasteiger partial charge in [-0.3, -0.25) is 14.9 Å². The number of carbonyl (C=O) groups excluding carboxylic acids is 3. The smallest absolute Gasteiger partial charge is 0.412 e. The number of epoxide rings is 1. The van der Waals surface area contributed by atoms with E-state index in [4.69, 9.17) is 36.3 Å². The van der Waals surface area contributed by atoms with Gasteiger partial charge in [-0.1, -0.05) is 54.5 Å². The van der Waals surface area contributed by atoms with E-state index in [-0.39, 0.29) is 25.2 Å². The zero-order chi connectivity index (χ0) is 35.8. The number of anilines is 3. The van der Waals surface area contributed by atoms with Crippen LogP contribution < -0.4 is 16.0 Å². The average molecular weight is 696 g/mol. The van der Waals surface area contributed by atoms with Gasteiger partial charge in [0, 0.05) is 37.9 Å². The summed E-state index contributed by atoms with van der Waals surface area (Å²) < 4.78 is 23.7. The molecule has 0 saturated carbocycles. The van der Waals surface area contributed by atoms with Gasteiger partial charge in [0.25, 0.3) is 0 Å². The number of esters is 1. The van der Waals surface area contributed by atoms with Crippen LogP contribution in [0.25, 0.3) is 0 Å². The van der Waals surface area contributed by atoms with E-state index in [0.717, 1.165) is 22.3 Å². The van der Waals surface area contributed by atoms with Crippen molar-refractivity contribution in [3.8, 4) is 0 Å². The summed E-state index contributed by atoms with van der Waals surface area (Å²) >= 11 is 6.75. The van der Waals surface area contributed by atoms with Crippen LogP contribution in [0.3, 0.4) is 0 Å². The molecule has 11 nitrogen and oxygen atoms in total. The van der Waals surface area contributed by atoms with E-state index in [9.17, 15) is 19.5 Å². The lowest BCUT2D eigenvalue weighted by Crippen LogP contribution is -2.53. The number of allylic oxidation sites excluding steroid dienone is 3. The average Bonchev–Trinajstić information content (AvgIpc) is 3.73. The second-order valence-electron chi connectivity index (χ2n) is 13.8. The Morgan fingerprint density at radius 1 is 1.16 bits per heavy atom. The minimum Gasteiger partial charge on any atom is -0.462 e. The van der Waals surface area contributed by atoms with Gasteiger partial charge in [0.1, 0.15) is 29.5 Å². The molecule has 5 rings (SSSR count). The Hall–Kier alpha value is -3.90. The number of carbonyl (C=O) groups is 3. The Labute approximate surface area is 292 Å². The zero-order valence-corrected chi connectivity index (χ0v) is 29.8. The lowest BCUT2D eigenvalue weighted by Gasteiger charge is -2.41. The number of ether oxygens (including phenoxy) is 4. The number of hydrogen-bond acceptors (Lipinski definition) is 9. The maximum Gasteiger partial charge on any atom is 0.412 e. The Balaban J connectivity index is 1.53. The second-order valence-corrected chi connectivity index (χ2v) is 14.2. The monoisotopic (exact) mass is 695 g/mol. The third-order valence-corrected chi connectivity index (χ3v) is 10.4. The molecule has 3 heterocycles. The van der Waals surface area contributed by atoms with Crippen LogP contribution in [0.2, 0.25) is 5.02 Å². The molecular formula is C37H46ClN3O8. The predicted molar refractivity (Wildman–Crippen MR) is 188 cm³/mol. The van der Waals surface area contributed by atoms with Crippen molar-refractivity contribution in [2.45, 2.75) is 95.9 Å². The van der Waals surface area contributed by atoms with E-state index >= 15 is 0 Å². The van der Waals surface area contributed by atoms with Crippen LogP contribution in [0.4, 0.5) is 21.9 Å². The van der Waals surface area contributed by atoms with E-state index in [1.807, 2.05) is 52.0 Å². The summed E-state index contributed by atoms with van der Waals surface area (Å²) in [5.41, 5.74) is 8.25. The fraction of sp³-hybridized carbons (Fsp3) is 0.486. The fourth-order valence-electron chi connectivity index (χ4n) is 6.94. The quantitative estimate of drug-likeness (QED) is 0.205. The number of rotatable bonds is 3. The molecule has 0 radical (unpaired) electrons. The van der Waals surface area contributed by atoms with Crippen LogP contribution in [0.5, 0.6) is 0 Å². The number of methoxy groups -OCH3 is 1. The van der Waals surface area contributed by atoms with Crippen molar-refractivity contribution < 1.29 is 38.4 Å². The number of nitrogen functional groups attached to an aromatic ring is 1. The van der Waals surface area contributed by atoms with Crippen molar-refractivity contribution >= 4 is 46.6 Å². The molecule has 2 aromatic rings. The molecule has 2 fully saturated rings. The first-order valence-corrected chi connectivity index (χ1v) is 16.8. The first-order valence-electron chi connectivity index (χ1n) is 16.4. The molecule has 0 aliphatic carbocycles. The van der Waals surface area contributed by atoms with E-state index in [2.05, 4.69) is 5.32 Å². The molecule has 3 aliphatic rings. The van der Waals surface area contributed by atoms with Crippen molar-refractivity contribution in [3.63, 3.8) is 0 Å². The SMILES string of the molecule is CO[C@@H]1/C=C/C=C(\C)Cc2cc(C)c(Cl)c(c2)N(C)C(=O)C[C@H](OC(=O)Nc2cc(N)ccc2C)[C@]2(C)O[C@H]2[C@H](C)[C@@H]2C[C@@]1(O)CC(=O)O2. The van der Waals surface area contributed by atoms with Crippen molar-refractivity contribution in [2.75, 3.05) is 30.1 Å². The Kier molecular flexibility index (Phi) is 10.5. The zero-order valence-electron chi connectivity index (χ0n) is 29.0. The van der Waals surface area contributed by atoms with Crippen LogP contribution in [0.15, 0.2) is 54.1 Å². The Bertz CT molecular complexity index is 1690. The third-order valence-electron chi connectivity index (χ3n) is 9.95. The number of amides is 2. The van der Waals surface area contributed by atoms with Gasteiger partial charge in [-0.05, 0) is 69.0 Å². The number of benzene rings is 2. The van der Waals surface area contributed by atoms with Crippen molar-refractivity contribution in [1.29, 1.82) is 0 Å². The highest BCUT2D eigenvalue weighted by Crippen LogP contribution is 2.49. The van der Waals surface area contributed by atoms with E-state index in [1.165, 1.54) is 12.0 Å². The van der Waals surface area contributed by atoms with Gasteiger partial charge in [0.15, 0.2) is 0 Å². The number of nitrogens with one attached hydrogen (secondary N) is 1. The highest BCUT2D eigenvalue weighted by atomic mass is 35.5. The van der Waals surface area contributed by atoms with Crippen molar-refractivity contribution in [2.24, 2.45) is 5.92 Å². The molecule has 0 unspecified atom stereocenters. The number of nitrogens with zero attached hydrogens (tertiary/aromatic N) is 1. The number of aliphatic hydroxyl groups is 1. The van der Waals surface area contributed by atoms with Crippen molar-refractivity contribution in [3.05, 3.63) is 75.8 Å². The van der Waals surface area contributed by atoms with Crippen LogP contribution in [-0.4, -0.2) is 72.9 Å². The van der Waals surface area contributed by atoms with Gasteiger partial charge >= 0.3 is 12.1 Å². The first kappa shape index (κ1) is 36.4. The summed E-state index contributed by atoms with van der Waals surface area (Å²) in [5, 5.41) is 15.0. The van der Waals surface area contributed by atoms with Crippen LogP contribution >= 0.6 is 11.6 Å². The number of hydrogen-bond donors (Lipinski definition) is 3. The van der Waals surface area contributed by atoms with Gasteiger partial charge < -0.3 is 34.7 Å². The van der Waals surface area contributed by atoms with E-state index in [0.29, 0.717) is 28.5 Å². The van der Waals surface area contributed by atoms with E-state index < -0.39 is 53.6 Å². The summed E-state index contributed by atoms with van der Waals surface area (Å²) in [6.45, 7) is 9.29. The molecule has 4 bridgehead atoms. The molecule has 7 atom stereocenters. The molecule has 0 aromatic heterocycles. The molecule has 12 heteroatoms. The molecule has 2 saturated heterocycles. The molecule has 49 heavy (non-hydrogen) atoms. The molecule has 0 spiro atoms. The summed E-state index contributed by atoms with van der Waals surface area (Å²) in [6, 6.07) is 8.97. The van der Waals surface area contributed by atoms with Crippen LogP contribution in [0.1, 0.15) is 56.7 Å². The summed E-state index contributed by atoms with van der Waals surface area (Å²) in [6.07, 6.45) is 1.69. The fourth-order valence-corrected chi connectivity index (χ4v) is 7.17. The predicted octanol–water partition coefficient (Wildman–Crippen LogP) is 5.81. The second kappa shape index (κ2) is 14.1. The summed E-state index contributed by atoms with van der Waals surface area (Å²) in [7, 11) is 3.12. The minimum atomic E-state index is -1.54. The van der Waals surface area contributed by atoms with Crippen LogP contribution in [-0.2, 0) is 35.0 Å². The molecule has 3 aliphatic heterocycles. The Morgan fingerprint density at radius 3 is 2.61 bits per heavy atom. The van der Waals surface area contributed by atoms with Gasteiger partial charge in [0.2, 0.25) is 5.91 Å². The molecule has 2 aromatic carbocycles. The Morgan fingerprint density at radius 2 is 1.90 bits per heavy atom. The maximum absolute atomic E-state index is 14.0. The molecule has 4 N–H and O–H groups in total. The van der Waals surface area contributed by atoms with Gasteiger partial charge in [-0.25, -0.2) is 4.79 Å². The normalized spacial score (nSPS) is 32.3. The summed E-state index contributed by atoms with van der Waals surface area (Å²) in [5.74, 6) is -1.36.